The zero-order chi connectivity index (χ0) is 15.0. The minimum Gasteiger partial charge on any atom is -0.393 e. The van der Waals surface area contributed by atoms with Crippen LogP contribution >= 0.6 is 0 Å². The summed E-state index contributed by atoms with van der Waals surface area (Å²) >= 11 is 0. The van der Waals surface area contributed by atoms with Crippen LogP contribution in [0.5, 0.6) is 0 Å². The summed E-state index contributed by atoms with van der Waals surface area (Å²) in [5.74, 6) is 0.762. The Morgan fingerprint density at radius 2 is 1.90 bits per heavy atom. The molecule has 2 aromatic heterocycles. The van der Waals surface area contributed by atoms with Crippen LogP contribution in [0.1, 0.15) is 12.8 Å². The molecule has 0 atom stereocenters. The number of hydrogen-bond donors (Lipinski definition) is 1. The topological polar surface area (TPSA) is 67.1 Å². The fourth-order valence-corrected chi connectivity index (χ4v) is 2.64. The molecular formula is C15H19N5O. The van der Waals surface area contributed by atoms with Crippen LogP contribution in [0.2, 0.25) is 0 Å². The first kappa shape index (κ1) is 13.8. The number of aromatic nitrogens is 4. The maximum atomic E-state index is 9.60. The lowest BCUT2D eigenvalue weighted by molar-refractivity contribution is 0.145. The number of rotatable bonds is 2. The Morgan fingerprint density at radius 3 is 2.52 bits per heavy atom. The molecule has 1 saturated heterocycles. The van der Waals surface area contributed by atoms with Crippen molar-refractivity contribution in [1.29, 1.82) is 0 Å². The number of aryl methyl sites for hydroxylation is 1. The smallest absolute Gasteiger partial charge is 0.158 e. The quantitative estimate of drug-likeness (QED) is 0.817. The summed E-state index contributed by atoms with van der Waals surface area (Å²) in [6.07, 6.45) is 3.00. The van der Waals surface area contributed by atoms with E-state index in [0.29, 0.717) is 5.69 Å². The van der Waals surface area contributed by atoms with E-state index >= 15 is 0 Å². The van der Waals surface area contributed by atoms with Gasteiger partial charge in [-0.3, -0.25) is 4.68 Å². The van der Waals surface area contributed by atoms with Gasteiger partial charge >= 0.3 is 0 Å². The second-order valence-electron chi connectivity index (χ2n) is 5.39. The Bertz CT molecular complexity index is 746. The molecular weight excluding hydrogens is 266 g/mol. The molecule has 0 saturated carbocycles. The predicted octanol–water partition coefficient (Wildman–Crippen LogP) is -0.341. The van der Waals surface area contributed by atoms with Crippen LogP contribution in [0.15, 0.2) is 12.3 Å². The van der Waals surface area contributed by atoms with Gasteiger partial charge in [-0.05, 0) is 18.9 Å². The summed E-state index contributed by atoms with van der Waals surface area (Å²) in [4.78, 5) is 2.11. The molecule has 1 aliphatic rings. The van der Waals surface area contributed by atoms with Gasteiger partial charge in [0.1, 0.15) is 5.69 Å². The molecule has 2 aromatic rings. The molecule has 1 fully saturated rings. The number of aliphatic hydroxyl groups is 1. The normalized spacial score (nSPS) is 16.4. The third-order valence-corrected chi connectivity index (χ3v) is 3.99. The van der Waals surface area contributed by atoms with Gasteiger partial charge in [0.05, 0.1) is 11.8 Å². The second kappa shape index (κ2) is 5.29. The van der Waals surface area contributed by atoms with E-state index < -0.39 is 0 Å². The summed E-state index contributed by atoms with van der Waals surface area (Å²) in [6, 6.07) is 1.88. The standard InChI is InChI=1S/C15H19N5O/c1-10-11(2)15(20-8-5-12(21)6-9-20)18-17-14(10)13-4-7-16-19(13)3/h4,7,12,21H,1-2,5-6,8-9H2,3H3. The van der Waals surface area contributed by atoms with Gasteiger partial charge in [-0.1, -0.05) is 13.2 Å². The van der Waals surface area contributed by atoms with Gasteiger partial charge in [0.15, 0.2) is 5.82 Å². The van der Waals surface area contributed by atoms with E-state index in [4.69, 9.17) is 0 Å². The molecule has 21 heavy (non-hydrogen) atoms. The maximum absolute atomic E-state index is 9.60. The fourth-order valence-electron chi connectivity index (χ4n) is 2.64. The van der Waals surface area contributed by atoms with Crippen LogP contribution in [0, 0.1) is 0 Å². The van der Waals surface area contributed by atoms with Gasteiger partial charge in [0.25, 0.3) is 0 Å². The number of aliphatic hydroxyl groups excluding tert-OH is 1. The highest BCUT2D eigenvalue weighted by Gasteiger charge is 2.20. The highest BCUT2D eigenvalue weighted by atomic mass is 16.3. The zero-order valence-corrected chi connectivity index (χ0v) is 12.2. The first-order chi connectivity index (χ1) is 10.1. The number of hydrogen-bond acceptors (Lipinski definition) is 5. The molecule has 1 aliphatic heterocycles. The molecule has 0 amide bonds. The van der Waals surface area contributed by atoms with Gasteiger partial charge < -0.3 is 10.0 Å². The Kier molecular flexibility index (Phi) is 3.47. The van der Waals surface area contributed by atoms with Gasteiger partial charge in [0.2, 0.25) is 0 Å². The molecule has 0 spiro atoms. The lowest BCUT2D eigenvalue weighted by atomic mass is 10.1. The number of piperidine rings is 1. The van der Waals surface area contributed by atoms with E-state index in [1.807, 2.05) is 13.1 Å². The van der Waals surface area contributed by atoms with Crippen molar-refractivity contribution in [3.63, 3.8) is 0 Å². The number of nitrogens with zero attached hydrogens (tertiary/aromatic N) is 5. The Labute approximate surface area is 123 Å². The third kappa shape index (κ3) is 2.42. The van der Waals surface area contributed by atoms with Crippen molar-refractivity contribution >= 4 is 19.0 Å². The van der Waals surface area contributed by atoms with Gasteiger partial charge in [-0.15, -0.1) is 10.2 Å². The van der Waals surface area contributed by atoms with Crippen molar-refractivity contribution in [2.45, 2.75) is 18.9 Å². The molecule has 0 bridgehead atoms. The highest BCUT2D eigenvalue weighted by Crippen LogP contribution is 2.15. The number of anilines is 1. The third-order valence-electron chi connectivity index (χ3n) is 3.99. The summed E-state index contributed by atoms with van der Waals surface area (Å²) < 4.78 is 1.75. The lowest BCUT2D eigenvalue weighted by Crippen LogP contribution is -2.42. The Balaban J connectivity index is 2.00. The largest absolute Gasteiger partial charge is 0.393 e. The van der Waals surface area contributed by atoms with Crippen molar-refractivity contribution in [2.24, 2.45) is 7.05 Å². The summed E-state index contributed by atoms with van der Waals surface area (Å²) in [5.41, 5.74) is 1.58. The Hall–Kier alpha value is -2.21. The lowest BCUT2D eigenvalue weighted by Gasteiger charge is -2.30. The summed E-state index contributed by atoms with van der Waals surface area (Å²) in [6.45, 7) is 9.75. The van der Waals surface area contributed by atoms with Crippen LogP contribution in [-0.4, -0.2) is 44.3 Å². The fraction of sp³-hybridized carbons (Fsp3) is 0.400. The Morgan fingerprint density at radius 1 is 1.19 bits per heavy atom. The summed E-state index contributed by atoms with van der Waals surface area (Å²) in [5, 5.41) is 24.0. The molecule has 6 nitrogen and oxygen atoms in total. The molecule has 0 radical (unpaired) electrons. The van der Waals surface area contributed by atoms with Crippen LogP contribution in [0.25, 0.3) is 24.5 Å². The van der Waals surface area contributed by atoms with E-state index in [2.05, 4.69) is 33.4 Å². The molecule has 0 unspecified atom stereocenters. The summed E-state index contributed by atoms with van der Waals surface area (Å²) in [7, 11) is 1.86. The zero-order valence-electron chi connectivity index (χ0n) is 12.2. The molecule has 110 valence electrons. The molecule has 3 rings (SSSR count). The van der Waals surface area contributed by atoms with Gasteiger partial charge in [-0.2, -0.15) is 5.10 Å². The van der Waals surface area contributed by atoms with Crippen LogP contribution in [0.4, 0.5) is 5.82 Å². The minimum absolute atomic E-state index is 0.213. The van der Waals surface area contributed by atoms with E-state index in [0.717, 1.165) is 47.9 Å². The molecule has 0 aromatic carbocycles. The average molecular weight is 285 g/mol. The van der Waals surface area contributed by atoms with Gasteiger partial charge in [-0.25, -0.2) is 0 Å². The highest BCUT2D eigenvalue weighted by molar-refractivity contribution is 5.58. The van der Waals surface area contributed by atoms with Crippen molar-refractivity contribution in [3.8, 4) is 11.4 Å². The molecule has 6 heteroatoms. The van der Waals surface area contributed by atoms with Gasteiger partial charge in [0, 0.05) is 36.8 Å². The van der Waals surface area contributed by atoms with Crippen LogP contribution in [0.3, 0.4) is 0 Å². The SMILES string of the molecule is C=c1c(-c2ccnn2C)nnc(N2CCC(O)CC2)c1=C. The van der Waals surface area contributed by atoms with E-state index in [9.17, 15) is 5.11 Å². The van der Waals surface area contributed by atoms with Crippen LogP contribution in [-0.2, 0) is 7.05 Å². The van der Waals surface area contributed by atoms with E-state index in [1.165, 1.54) is 0 Å². The van der Waals surface area contributed by atoms with E-state index in [-0.39, 0.29) is 6.10 Å². The minimum atomic E-state index is -0.213. The molecule has 1 N–H and O–H groups in total. The first-order valence-corrected chi connectivity index (χ1v) is 7.04. The second-order valence-corrected chi connectivity index (χ2v) is 5.39. The molecule has 3 heterocycles. The predicted molar refractivity (Wildman–Crippen MR) is 82.0 cm³/mol. The first-order valence-electron chi connectivity index (χ1n) is 7.04. The van der Waals surface area contributed by atoms with E-state index in [1.54, 1.807) is 10.9 Å². The maximum Gasteiger partial charge on any atom is 0.158 e. The average Bonchev–Trinajstić information content (AvgIpc) is 2.89. The molecule has 0 aliphatic carbocycles. The monoisotopic (exact) mass is 285 g/mol. The van der Waals surface area contributed by atoms with Crippen LogP contribution < -0.4 is 15.3 Å². The van der Waals surface area contributed by atoms with Crippen molar-refractivity contribution in [2.75, 3.05) is 18.0 Å². The van der Waals surface area contributed by atoms with Crippen molar-refractivity contribution in [3.05, 3.63) is 22.7 Å². The van der Waals surface area contributed by atoms with Crippen molar-refractivity contribution < 1.29 is 5.11 Å². The van der Waals surface area contributed by atoms with Crippen molar-refractivity contribution in [1.82, 2.24) is 20.0 Å².